The summed E-state index contributed by atoms with van der Waals surface area (Å²) in [5, 5.41) is 6.43. The summed E-state index contributed by atoms with van der Waals surface area (Å²) in [6, 6.07) is 10.8. The van der Waals surface area contributed by atoms with Gasteiger partial charge in [-0.25, -0.2) is 13.6 Å². The molecule has 1 aromatic heterocycles. The largest absolute Gasteiger partial charge is 0.339 e. The second kappa shape index (κ2) is 8.61. The van der Waals surface area contributed by atoms with Crippen molar-refractivity contribution in [3.63, 3.8) is 0 Å². The number of rotatable bonds is 4. The third-order valence-electron chi connectivity index (χ3n) is 5.32. The number of carbonyl (C=O) groups excluding carboxylic acids is 1. The molecule has 2 aromatic carbocycles. The van der Waals surface area contributed by atoms with Gasteiger partial charge in [0.25, 0.3) is 0 Å². The first-order valence-electron chi connectivity index (χ1n) is 9.90. The molecule has 8 heteroatoms. The number of benzene rings is 2. The molecule has 1 aliphatic heterocycles. The lowest BCUT2D eigenvalue weighted by molar-refractivity contribution is 0.173. The van der Waals surface area contributed by atoms with E-state index < -0.39 is 23.4 Å². The Kier molecular flexibility index (Phi) is 5.74. The highest BCUT2D eigenvalue weighted by atomic mass is 19.1. The highest BCUT2D eigenvalue weighted by Gasteiger charge is 2.26. The third kappa shape index (κ3) is 4.32. The standard InChI is InChI=1S/C22H22F2N4O2/c1-14-6-2-3-8-16(14)21-25-19(30-27-21)12-15-7-5-11-28(13-15)22(29)26-20-17(23)9-4-10-18(20)24/h2-4,6,8-10,15H,5,7,11-13H2,1H3,(H,26,29). The van der Waals surface area contributed by atoms with E-state index in [1.165, 1.54) is 6.07 Å². The lowest BCUT2D eigenvalue weighted by atomic mass is 9.95. The zero-order valence-corrected chi connectivity index (χ0v) is 16.6. The number of aryl methyl sites for hydroxylation is 1. The minimum absolute atomic E-state index is 0.125. The van der Waals surface area contributed by atoms with Gasteiger partial charge in [0, 0.05) is 25.1 Å². The number of aromatic nitrogens is 2. The van der Waals surface area contributed by atoms with Crippen LogP contribution in [0.15, 0.2) is 47.0 Å². The van der Waals surface area contributed by atoms with Crippen molar-refractivity contribution in [2.24, 2.45) is 5.92 Å². The number of nitrogens with one attached hydrogen (secondary N) is 1. The number of piperidine rings is 1. The fourth-order valence-electron chi connectivity index (χ4n) is 3.74. The molecule has 0 spiro atoms. The van der Waals surface area contributed by atoms with Crippen molar-refractivity contribution >= 4 is 11.7 Å². The molecule has 1 aliphatic rings. The number of para-hydroxylation sites is 1. The smallest absolute Gasteiger partial charge is 0.322 e. The summed E-state index contributed by atoms with van der Waals surface area (Å²) in [5.41, 5.74) is 1.55. The minimum atomic E-state index is -0.800. The zero-order chi connectivity index (χ0) is 21.1. The maximum atomic E-state index is 13.8. The van der Waals surface area contributed by atoms with E-state index in [-0.39, 0.29) is 5.92 Å². The Morgan fingerprint density at radius 2 is 1.97 bits per heavy atom. The van der Waals surface area contributed by atoms with Gasteiger partial charge in [-0.3, -0.25) is 0 Å². The topological polar surface area (TPSA) is 71.3 Å². The molecule has 6 nitrogen and oxygen atoms in total. The number of amides is 2. The van der Waals surface area contributed by atoms with Gasteiger partial charge in [0.1, 0.15) is 17.3 Å². The molecule has 1 saturated heterocycles. The summed E-state index contributed by atoms with van der Waals surface area (Å²) in [7, 11) is 0. The second-order valence-corrected chi connectivity index (χ2v) is 7.51. The van der Waals surface area contributed by atoms with Crippen LogP contribution in [0, 0.1) is 24.5 Å². The molecule has 2 heterocycles. The Morgan fingerprint density at radius 1 is 1.20 bits per heavy atom. The number of hydrogen-bond donors (Lipinski definition) is 1. The highest BCUT2D eigenvalue weighted by Crippen LogP contribution is 2.25. The van der Waals surface area contributed by atoms with E-state index in [4.69, 9.17) is 4.52 Å². The normalized spacial score (nSPS) is 16.5. The summed E-state index contributed by atoms with van der Waals surface area (Å²) in [6.07, 6.45) is 2.23. The molecular weight excluding hydrogens is 390 g/mol. The number of urea groups is 1. The van der Waals surface area contributed by atoms with Crippen molar-refractivity contribution in [3.05, 3.63) is 65.6 Å². The predicted molar refractivity (Wildman–Crippen MR) is 108 cm³/mol. The van der Waals surface area contributed by atoms with Crippen LogP contribution in [-0.4, -0.2) is 34.2 Å². The monoisotopic (exact) mass is 412 g/mol. The molecule has 0 bridgehead atoms. The Labute approximate surface area is 172 Å². The first-order valence-corrected chi connectivity index (χ1v) is 9.90. The van der Waals surface area contributed by atoms with Crippen LogP contribution in [0.5, 0.6) is 0 Å². The van der Waals surface area contributed by atoms with E-state index in [1.54, 1.807) is 4.90 Å². The maximum absolute atomic E-state index is 13.8. The zero-order valence-electron chi connectivity index (χ0n) is 16.6. The molecule has 1 unspecified atom stereocenters. The Bertz CT molecular complexity index is 1030. The number of halogens is 2. The van der Waals surface area contributed by atoms with Crippen molar-refractivity contribution in [1.29, 1.82) is 0 Å². The van der Waals surface area contributed by atoms with E-state index in [0.29, 0.717) is 31.2 Å². The lowest BCUT2D eigenvalue weighted by Crippen LogP contribution is -2.43. The van der Waals surface area contributed by atoms with E-state index in [2.05, 4.69) is 15.5 Å². The van der Waals surface area contributed by atoms with Gasteiger partial charge in [-0.15, -0.1) is 0 Å². The average molecular weight is 412 g/mol. The van der Waals surface area contributed by atoms with Crippen LogP contribution in [0.3, 0.4) is 0 Å². The van der Waals surface area contributed by atoms with E-state index in [9.17, 15) is 13.6 Å². The first kappa shape index (κ1) is 20.0. The minimum Gasteiger partial charge on any atom is -0.339 e. The molecule has 1 fully saturated rings. The van der Waals surface area contributed by atoms with Crippen molar-refractivity contribution < 1.29 is 18.1 Å². The average Bonchev–Trinajstić information content (AvgIpc) is 3.19. The molecule has 3 aromatic rings. The van der Waals surface area contributed by atoms with Crippen LogP contribution in [-0.2, 0) is 6.42 Å². The molecule has 0 aliphatic carbocycles. The maximum Gasteiger partial charge on any atom is 0.322 e. The fraction of sp³-hybridized carbons (Fsp3) is 0.318. The van der Waals surface area contributed by atoms with Gasteiger partial charge in [0.2, 0.25) is 11.7 Å². The van der Waals surface area contributed by atoms with Gasteiger partial charge in [0.05, 0.1) is 0 Å². The fourth-order valence-corrected chi connectivity index (χ4v) is 3.74. The van der Waals surface area contributed by atoms with Crippen LogP contribution in [0.2, 0.25) is 0 Å². The second-order valence-electron chi connectivity index (χ2n) is 7.51. The number of carbonyl (C=O) groups is 1. The Morgan fingerprint density at radius 3 is 2.73 bits per heavy atom. The van der Waals surface area contributed by atoms with Gasteiger partial charge in [-0.1, -0.05) is 35.5 Å². The molecular formula is C22H22F2N4O2. The van der Waals surface area contributed by atoms with Gasteiger partial charge in [-0.2, -0.15) is 4.98 Å². The van der Waals surface area contributed by atoms with Gasteiger partial charge >= 0.3 is 6.03 Å². The van der Waals surface area contributed by atoms with E-state index in [0.717, 1.165) is 36.1 Å². The highest BCUT2D eigenvalue weighted by molar-refractivity contribution is 5.89. The molecule has 1 atom stereocenters. The number of likely N-dealkylation sites (tertiary alicyclic amines) is 1. The van der Waals surface area contributed by atoms with Gasteiger partial charge in [0.15, 0.2) is 0 Å². The SMILES string of the molecule is Cc1ccccc1-c1noc(CC2CCCN(C(=O)Nc3c(F)cccc3F)C2)n1. The number of nitrogens with zero attached hydrogens (tertiary/aromatic N) is 3. The molecule has 30 heavy (non-hydrogen) atoms. The van der Waals surface area contributed by atoms with E-state index in [1.807, 2.05) is 31.2 Å². The van der Waals surface area contributed by atoms with Gasteiger partial charge in [-0.05, 0) is 43.4 Å². The number of hydrogen-bond acceptors (Lipinski definition) is 4. The van der Waals surface area contributed by atoms with Crippen molar-refractivity contribution in [1.82, 2.24) is 15.0 Å². The molecule has 4 rings (SSSR count). The summed E-state index contributed by atoms with van der Waals surface area (Å²) >= 11 is 0. The van der Waals surface area contributed by atoms with Crippen LogP contribution in [0.4, 0.5) is 19.3 Å². The summed E-state index contributed by atoms with van der Waals surface area (Å²) in [4.78, 5) is 18.6. The molecule has 0 saturated carbocycles. The predicted octanol–water partition coefficient (Wildman–Crippen LogP) is 4.81. The van der Waals surface area contributed by atoms with Crippen molar-refractivity contribution in [2.75, 3.05) is 18.4 Å². The quantitative estimate of drug-likeness (QED) is 0.668. The summed E-state index contributed by atoms with van der Waals surface area (Å²) in [5.74, 6) is -0.414. The summed E-state index contributed by atoms with van der Waals surface area (Å²) < 4.78 is 33.0. The van der Waals surface area contributed by atoms with Crippen LogP contribution < -0.4 is 5.32 Å². The van der Waals surface area contributed by atoms with Crippen LogP contribution >= 0.6 is 0 Å². The van der Waals surface area contributed by atoms with Crippen molar-refractivity contribution in [3.8, 4) is 11.4 Å². The van der Waals surface area contributed by atoms with E-state index >= 15 is 0 Å². The Hall–Kier alpha value is -3.29. The molecule has 0 radical (unpaired) electrons. The first-order chi connectivity index (χ1) is 14.5. The van der Waals surface area contributed by atoms with Crippen LogP contribution in [0.25, 0.3) is 11.4 Å². The number of anilines is 1. The molecule has 156 valence electrons. The lowest BCUT2D eigenvalue weighted by Gasteiger charge is -2.32. The third-order valence-corrected chi connectivity index (χ3v) is 5.32. The van der Waals surface area contributed by atoms with Crippen molar-refractivity contribution in [2.45, 2.75) is 26.2 Å². The van der Waals surface area contributed by atoms with Gasteiger partial charge < -0.3 is 14.7 Å². The molecule has 2 amide bonds. The molecule has 1 N–H and O–H groups in total. The Balaban J connectivity index is 1.40. The van der Waals surface area contributed by atoms with Crippen LogP contribution in [0.1, 0.15) is 24.3 Å². The summed E-state index contributed by atoms with van der Waals surface area (Å²) in [6.45, 7) is 2.96.